The van der Waals surface area contributed by atoms with Crippen LogP contribution >= 0.6 is 11.6 Å². The third-order valence-corrected chi connectivity index (χ3v) is 5.21. The highest BCUT2D eigenvalue weighted by Gasteiger charge is 2.46. The average molecular weight is 371 g/mol. The Labute approximate surface area is 156 Å². The summed E-state index contributed by atoms with van der Waals surface area (Å²) >= 11 is 6.16. The largest absolute Gasteiger partial charge is 0.434 e. The summed E-state index contributed by atoms with van der Waals surface area (Å²) in [6.07, 6.45) is -0.361. The van der Waals surface area contributed by atoms with Gasteiger partial charge in [-0.1, -0.05) is 54.1 Å². The maximum atomic E-state index is 12.6. The van der Waals surface area contributed by atoms with Crippen molar-refractivity contribution in [1.29, 1.82) is 0 Å². The molecule has 2 aromatic rings. The van der Waals surface area contributed by atoms with E-state index in [4.69, 9.17) is 16.3 Å². The quantitative estimate of drug-likeness (QED) is 0.847. The molecular formula is C20H19ClN2O3. The van der Waals surface area contributed by atoms with Crippen LogP contribution in [0, 0.1) is 5.92 Å². The van der Waals surface area contributed by atoms with Crippen molar-refractivity contribution >= 4 is 23.6 Å². The van der Waals surface area contributed by atoms with Crippen LogP contribution in [0.25, 0.3) is 0 Å². The van der Waals surface area contributed by atoms with Crippen LogP contribution in [0.1, 0.15) is 29.5 Å². The van der Waals surface area contributed by atoms with E-state index in [1.54, 1.807) is 0 Å². The van der Waals surface area contributed by atoms with Crippen LogP contribution in [0.15, 0.2) is 54.6 Å². The smallest absolute Gasteiger partial charge is 0.408 e. The maximum absolute atomic E-state index is 12.6. The number of ether oxygens (including phenoxy) is 1. The number of carbonyl (C=O) groups is 2. The van der Waals surface area contributed by atoms with Crippen molar-refractivity contribution in [2.75, 3.05) is 6.54 Å². The second kappa shape index (κ2) is 7.00. The van der Waals surface area contributed by atoms with Gasteiger partial charge < -0.3 is 15.4 Å². The topological polar surface area (TPSA) is 67.4 Å². The first-order valence-electron chi connectivity index (χ1n) is 8.67. The molecule has 0 aromatic heterocycles. The first-order chi connectivity index (χ1) is 12.6. The van der Waals surface area contributed by atoms with Crippen LogP contribution in [0.3, 0.4) is 0 Å². The fourth-order valence-electron chi connectivity index (χ4n) is 3.59. The lowest BCUT2D eigenvalue weighted by Gasteiger charge is -2.21. The Hall–Kier alpha value is -2.53. The van der Waals surface area contributed by atoms with Gasteiger partial charge in [0.25, 0.3) is 5.91 Å². The van der Waals surface area contributed by atoms with Gasteiger partial charge in [-0.05, 0) is 41.5 Å². The first kappa shape index (κ1) is 16.9. The molecule has 2 aromatic carbocycles. The van der Waals surface area contributed by atoms with E-state index in [-0.39, 0.29) is 24.4 Å². The molecule has 5 nitrogen and oxygen atoms in total. The lowest BCUT2D eigenvalue weighted by Crippen LogP contribution is -2.40. The Morgan fingerprint density at radius 1 is 1.19 bits per heavy atom. The molecule has 6 heteroatoms. The molecule has 2 aliphatic rings. The van der Waals surface area contributed by atoms with E-state index in [0.717, 1.165) is 12.0 Å². The second-order valence-electron chi connectivity index (χ2n) is 6.73. The Kier molecular flexibility index (Phi) is 4.55. The summed E-state index contributed by atoms with van der Waals surface area (Å²) in [5, 5.41) is 6.21. The minimum absolute atomic E-state index is 0.175. The monoisotopic (exact) mass is 370 g/mol. The summed E-state index contributed by atoms with van der Waals surface area (Å²) in [6.45, 7) is 0.194. The predicted molar refractivity (Wildman–Crippen MR) is 97.9 cm³/mol. The number of rotatable bonds is 5. The van der Waals surface area contributed by atoms with Gasteiger partial charge in [0.05, 0.1) is 12.6 Å². The van der Waals surface area contributed by atoms with Crippen molar-refractivity contribution in [2.24, 2.45) is 5.92 Å². The minimum atomic E-state index is -0.793. The van der Waals surface area contributed by atoms with E-state index in [0.29, 0.717) is 10.9 Å². The van der Waals surface area contributed by atoms with E-state index >= 15 is 0 Å². The lowest BCUT2D eigenvalue weighted by atomic mass is 9.98. The van der Waals surface area contributed by atoms with Crippen LogP contribution < -0.4 is 10.6 Å². The zero-order chi connectivity index (χ0) is 18.1. The molecule has 2 fully saturated rings. The summed E-state index contributed by atoms with van der Waals surface area (Å²) in [5.74, 6) is 0.390. The summed E-state index contributed by atoms with van der Waals surface area (Å²) in [6, 6.07) is 17.7. The fraction of sp³-hybridized carbons (Fsp3) is 0.300. The van der Waals surface area contributed by atoms with Crippen LogP contribution in [0.5, 0.6) is 0 Å². The van der Waals surface area contributed by atoms with Gasteiger partial charge in [0, 0.05) is 5.02 Å². The van der Waals surface area contributed by atoms with Gasteiger partial charge in [-0.3, -0.25) is 4.79 Å². The lowest BCUT2D eigenvalue weighted by molar-refractivity contribution is -0.128. The standard InChI is InChI=1S/C20H19ClN2O3/c21-14-8-4-7-13(9-14)18(23-19(24)17-11-22-20(25)26-17)16-10-15(16)12-5-2-1-3-6-12/h1-9,15-18H,10-11H2,(H,22,25)(H,23,24)/t15-,16+,17-,18+/m0/s1. The van der Waals surface area contributed by atoms with Crippen molar-refractivity contribution < 1.29 is 14.3 Å². The Bertz CT molecular complexity index is 827. The first-order valence-corrected chi connectivity index (χ1v) is 9.05. The van der Waals surface area contributed by atoms with E-state index in [1.165, 1.54) is 5.56 Å². The van der Waals surface area contributed by atoms with E-state index in [1.807, 2.05) is 42.5 Å². The summed E-state index contributed by atoms with van der Waals surface area (Å²) in [7, 11) is 0. The highest BCUT2D eigenvalue weighted by Crippen LogP contribution is 2.54. The van der Waals surface area contributed by atoms with Gasteiger partial charge in [0.2, 0.25) is 0 Å². The molecule has 2 N–H and O–H groups in total. The number of cyclic esters (lactones) is 1. The average Bonchev–Trinajstić information content (AvgIpc) is 3.32. The van der Waals surface area contributed by atoms with Gasteiger partial charge in [0.15, 0.2) is 6.10 Å². The van der Waals surface area contributed by atoms with Gasteiger partial charge in [0.1, 0.15) is 0 Å². The van der Waals surface area contributed by atoms with E-state index in [2.05, 4.69) is 22.8 Å². The molecule has 0 radical (unpaired) electrons. The molecule has 0 unspecified atom stereocenters. The number of hydrogen-bond donors (Lipinski definition) is 2. The number of halogens is 1. The van der Waals surface area contributed by atoms with Gasteiger partial charge in [-0.15, -0.1) is 0 Å². The van der Waals surface area contributed by atoms with E-state index < -0.39 is 12.2 Å². The number of amides is 2. The van der Waals surface area contributed by atoms with E-state index in [9.17, 15) is 9.59 Å². The molecule has 1 saturated heterocycles. The van der Waals surface area contributed by atoms with Crippen molar-refractivity contribution in [3.05, 3.63) is 70.7 Å². The zero-order valence-electron chi connectivity index (χ0n) is 14.0. The molecule has 26 heavy (non-hydrogen) atoms. The Morgan fingerprint density at radius 3 is 2.69 bits per heavy atom. The summed E-state index contributed by atoms with van der Waals surface area (Å²) < 4.78 is 5.01. The molecule has 1 heterocycles. The highest BCUT2D eigenvalue weighted by molar-refractivity contribution is 6.30. The third-order valence-electron chi connectivity index (χ3n) is 4.97. The Balaban J connectivity index is 1.55. The van der Waals surface area contributed by atoms with Crippen LogP contribution in [0.2, 0.25) is 5.02 Å². The molecule has 4 rings (SSSR count). The molecule has 1 aliphatic heterocycles. The van der Waals surface area contributed by atoms with Crippen LogP contribution in [0.4, 0.5) is 4.79 Å². The van der Waals surface area contributed by atoms with Crippen molar-refractivity contribution in [2.45, 2.75) is 24.5 Å². The normalized spacial score (nSPS) is 25.1. The number of hydrogen-bond acceptors (Lipinski definition) is 3. The number of benzene rings is 2. The maximum Gasteiger partial charge on any atom is 0.408 e. The molecule has 1 saturated carbocycles. The molecule has 2 amide bonds. The minimum Gasteiger partial charge on any atom is -0.434 e. The van der Waals surface area contributed by atoms with Gasteiger partial charge in [-0.2, -0.15) is 0 Å². The Morgan fingerprint density at radius 2 is 2.00 bits per heavy atom. The molecule has 1 aliphatic carbocycles. The zero-order valence-corrected chi connectivity index (χ0v) is 14.8. The van der Waals surface area contributed by atoms with Crippen LogP contribution in [-0.4, -0.2) is 24.6 Å². The molecular weight excluding hydrogens is 352 g/mol. The summed E-state index contributed by atoms with van der Waals surface area (Å²) in [5.41, 5.74) is 2.24. The summed E-state index contributed by atoms with van der Waals surface area (Å²) in [4.78, 5) is 23.8. The van der Waals surface area contributed by atoms with Gasteiger partial charge >= 0.3 is 6.09 Å². The van der Waals surface area contributed by atoms with Crippen molar-refractivity contribution in [3.63, 3.8) is 0 Å². The number of alkyl carbamates (subject to hydrolysis) is 1. The fourth-order valence-corrected chi connectivity index (χ4v) is 3.78. The van der Waals surface area contributed by atoms with Crippen molar-refractivity contribution in [3.8, 4) is 0 Å². The number of nitrogens with one attached hydrogen (secondary N) is 2. The molecule has 0 bridgehead atoms. The molecule has 4 atom stereocenters. The van der Waals surface area contributed by atoms with Crippen LogP contribution in [-0.2, 0) is 9.53 Å². The third kappa shape index (κ3) is 3.53. The molecule has 0 spiro atoms. The molecule has 134 valence electrons. The van der Waals surface area contributed by atoms with Crippen molar-refractivity contribution in [1.82, 2.24) is 10.6 Å². The second-order valence-corrected chi connectivity index (χ2v) is 7.17. The number of carbonyl (C=O) groups excluding carboxylic acids is 2. The van der Waals surface area contributed by atoms with Gasteiger partial charge in [-0.25, -0.2) is 4.79 Å². The predicted octanol–water partition coefficient (Wildman–Crippen LogP) is 3.41. The SMILES string of the molecule is O=C1NC[C@@H](C(=O)N[C@H](c2cccc(Cl)c2)[C@@H]2C[C@H]2c2ccccc2)O1. The highest BCUT2D eigenvalue weighted by atomic mass is 35.5.